The highest BCUT2D eigenvalue weighted by Gasteiger charge is 2.22. The Morgan fingerprint density at radius 1 is 1.33 bits per heavy atom. The lowest BCUT2D eigenvalue weighted by Gasteiger charge is -2.35. The maximum Gasteiger partial charge on any atom is 0.240 e. The van der Waals surface area contributed by atoms with Crippen LogP contribution in [0, 0.1) is 5.92 Å². The van der Waals surface area contributed by atoms with Gasteiger partial charge in [-0.15, -0.1) is 0 Å². The van der Waals surface area contributed by atoms with Crippen LogP contribution in [0.5, 0.6) is 0 Å². The highest BCUT2D eigenvalue weighted by molar-refractivity contribution is 5.37. The number of hydrogen-bond donors (Lipinski definition) is 1. The topological polar surface area (TPSA) is 84.3 Å². The van der Waals surface area contributed by atoms with Crippen molar-refractivity contribution in [2.45, 2.75) is 32.9 Å². The quantitative estimate of drug-likeness (QED) is 0.826. The molecule has 24 heavy (non-hydrogen) atoms. The van der Waals surface area contributed by atoms with Gasteiger partial charge in [-0.25, -0.2) is 4.98 Å². The Labute approximate surface area is 142 Å². The van der Waals surface area contributed by atoms with E-state index in [1.54, 1.807) is 0 Å². The van der Waals surface area contributed by atoms with Gasteiger partial charge in [-0.05, 0) is 37.4 Å². The van der Waals surface area contributed by atoms with E-state index in [9.17, 15) is 0 Å². The SMILES string of the molecule is CCN(Cc1noc(CN)n1)CC1CCN(c2ccccn2)CC1. The highest BCUT2D eigenvalue weighted by atomic mass is 16.5. The number of aromatic nitrogens is 3. The van der Waals surface area contributed by atoms with Gasteiger partial charge in [-0.2, -0.15) is 4.98 Å². The third-order valence-corrected chi connectivity index (χ3v) is 4.60. The average molecular weight is 330 g/mol. The minimum absolute atomic E-state index is 0.297. The van der Waals surface area contributed by atoms with Crippen molar-refractivity contribution >= 4 is 5.82 Å². The van der Waals surface area contributed by atoms with E-state index in [4.69, 9.17) is 10.3 Å². The van der Waals surface area contributed by atoms with E-state index in [1.165, 1.54) is 12.8 Å². The molecule has 7 heteroatoms. The van der Waals surface area contributed by atoms with Gasteiger partial charge in [-0.3, -0.25) is 4.90 Å². The van der Waals surface area contributed by atoms with Gasteiger partial charge < -0.3 is 15.2 Å². The first-order chi connectivity index (χ1) is 11.8. The van der Waals surface area contributed by atoms with Crippen LogP contribution in [0.1, 0.15) is 31.5 Å². The molecule has 1 aliphatic rings. The summed E-state index contributed by atoms with van der Waals surface area (Å²) in [6, 6.07) is 6.10. The van der Waals surface area contributed by atoms with Gasteiger partial charge >= 0.3 is 0 Å². The molecule has 0 amide bonds. The van der Waals surface area contributed by atoms with Crippen LogP contribution in [0.3, 0.4) is 0 Å². The van der Waals surface area contributed by atoms with Crippen LogP contribution >= 0.6 is 0 Å². The second kappa shape index (κ2) is 8.21. The summed E-state index contributed by atoms with van der Waals surface area (Å²) in [6.45, 7) is 7.38. The molecule has 130 valence electrons. The van der Waals surface area contributed by atoms with Crippen molar-refractivity contribution in [2.75, 3.05) is 31.1 Å². The Kier molecular flexibility index (Phi) is 5.77. The first kappa shape index (κ1) is 16.9. The number of piperidine rings is 1. The summed E-state index contributed by atoms with van der Waals surface area (Å²) in [5.41, 5.74) is 5.52. The second-order valence-electron chi connectivity index (χ2n) is 6.25. The first-order valence-corrected chi connectivity index (χ1v) is 8.68. The molecule has 3 heterocycles. The molecule has 0 aromatic carbocycles. The lowest BCUT2D eigenvalue weighted by molar-refractivity contribution is 0.206. The Morgan fingerprint density at radius 3 is 2.79 bits per heavy atom. The maximum atomic E-state index is 5.52. The molecule has 0 unspecified atom stereocenters. The first-order valence-electron chi connectivity index (χ1n) is 8.68. The highest BCUT2D eigenvalue weighted by Crippen LogP contribution is 2.22. The zero-order chi connectivity index (χ0) is 16.8. The van der Waals surface area contributed by atoms with Gasteiger partial charge in [0.1, 0.15) is 5.82 Å². The van der Waals surface area contributed by atoms with Gasteiger partial charge in [-0.1, -0.05) is 18.1 Å². The summed E-state index contributed by atoms with van der Waals surface area (Å²) in [4.78, 5) is 13.5. The van der Waals surface area contributed by atoms with E-state index in [0.29, 0.717) is 18.4 Å². The van der Waals surface area contributed by atoms with Crippen LogP contribution in [-0.2, 0) is 13.1 Å². The summed E-state index contributed by atoms with van der Waals surface area (Å²) >= 11 is 0. The third-order valence-electron chi connectivity index (χ3n) is 4.60. The van der Waals surface area contributed by atoms with E-state index in [-0.39, 0.29) is 0 Å². The molecule has 7 nitrogen and oxygen atoms in total. The summed E-state index contributed by atoms with van der Waals surface area (Å²) in [7, 11) is 0. The fourth-order valence-electron chi connectivity index (χ4n) is 3.19. The number of hydrogen-bond acceptors (Lipinski definition) is 7. The van der Waals surface area contributed by atoms with E-state index in [2.05, 4.69) is 37.9 Å². The maximum absolute atomic E-state index is 5.52. The minimum atomic E-state index is 0.297. The fraction of sp³-hybridized carbons (Fsp3) is 0.588. The van der Waals surface area contributed by atoms with Crippen LogP contribution in [0.15, 0.2) is 28.9 Å². The minimum Gasteiger partial charge on any atom is -0.357 e. The standard InChI is InChI=1S/C17H26N6O/c1-2-22(13-15-20-17(11-18)24-21-15)12-14-6-9-23(10-7-14)16-5-3-4-8-19-16/h3-5,8,14H,2,6-7,9-13,18H2,1H3. The predicted molar refractivity (Wildman–Crippen MR) is 92.3 cm³/mol. The van der Waals surface area contributed by atoms with Gasteiger partial charge in [0.15, 0.2) is 5.82 Å². The number of nitrogens with two attached hydrogens (primary N) is 1. The van der Waals surface area contributed by atoms with Gasteiger partial charge in [0.25, 0.3) is 0 Å². The molecule has 1 saturated heterocycles. The van der Waals surface area contributed by atoms with Gasteiger partial charge in [0.05, 0.1) is 13.1 Å². The third kappa shape index (κ3) is 4.30. The van der Waals surface area contributed by atoms with E-state index >= 15 is 0 Å². The summed E-state index contributed by atoms with van der Waals surface area (Å²) < 4.78 is 5.09. The molecular weight excluding hydrogens is 304 g/mol. The molecule has 0 spiro atoms. The molecule has 2 N–H and O–H groups in total. The Morgan fingerprint density at radius 2 is 2.17 bits per heavy atom. The molecular formula is C17H26N6O. The molecule has 2 aromatic rings. The zero-order valence-corrected chi connectivity index (χ0v) is 14.3. The van der Waals surface area contributed by atoms with E-state index < -0.39 is 0 Å². The summed E-state index contributed by atoms with van der Waals surface area (Å²) in [5, 5.41) is 4.00. The van der Waals surface area contributed by atoms with E-state index in [1.807, 2.05) is 18.3 Å². The van der Waals surface area contributed by atoms with Crippen molar-refractivity contribution in [3.05, 3.63) is 36.1 Å². The lowest BCUT2D eigenvalue weighted by Crippen LogP contribution is -2.39. The predicted octanol–water partition coefficient (Wildman–Crippen LogP) is 1.66. The summed E-state index contributed by atoms with van der Waals surface area (Å²) in [6.07, 6.45) is 4.24. The number of nitrogens with zero attached hydrogens (tertiary/aromatic N) is 5. The number of rotatable bonds is 7. The van der Waals surface area contributed by atoms with Crippen LogP contribution in [0.25, 0.3) is 0 Å². The van der Waals surface area contributed by atoms with E-state index in [0.717, 1.165) is 44.4 Å². The zero-order valence-electron chi connectivity index (χ0n) is 14.3. The second-order valence-corrected chi connectivity index (χ2v) is 6.25. The lowest BCUT2D eigenvalue weighted by atomic mass is 9.96. The average Bonchev–Trinajstić information content (AvgIpc) is 3.10. The molecule has 1 fully saturated rings. The van der Waals surface area contributed by atoms with Crippen molar-refractivity contribution in [2.24, 2.45) is 11.7 Å². The monoisotopic (exact) mass is 330 g/mol. The van der Waals surface area contributed by atoms with Crippen LogP contribution in [-0.4, -0.2) is 46.2 Å². The largest absolute Gasteiger partial charge is 0.357 e. The fourth-order valence-corrected chi connectivity index (χ4v) is 3.19. The normalized spacial score (nSPS) is 16.0. The molecule has 0 bridgehead atoms. The molecule has 0 atom stereocenters. The molecule has 3 rings (SSSR count). The van der Waals surface area contributed by atoms with Gasteiger partial charge in [0, 0.05) is 25.8 Å². The van der Waals surface area contributed by atoms with Crippen molar-refractivity contribution in [3.8, 4) is 0 Å². The smallest absolute Gasteiger partial charge is 0.240 e. The molecule has 0 aliphatic carbocycles. The molecule has 1 aliphatic heterocycles. The Balaban J connectivity index is 1.48. The van der Waals surface area contributed by atoms with Crippen molar-refractivity contribution < 1.29 is 4.52 Å². The number of pyridine rings is 1. The Bertz CT molecular complexity index is 609. The Hall–Kier alpha value is -1.99. The van der Waals surface area contributed by atoms with Crippen LogP contribution in [0.2, 0.25) is 0 Å². The van der Waals surface area contributed by atoms with Crippen molar-refractivity contribution in [1.82, 2.24) is 20.0 Å². The molecule has 2 aromatic heterocycles. The molecule has 0 saturated carbocycles. The van der Waals surface area contributed by atoms with Crippen molar-refractivity contribution in [3.63, 3.8) is 0 Å². The van der Waals surface area contributed by atoms with Crippen LogP contribution < -0.4 is 10.6 Å². The number of anilines is 1. The molecule has 0 radical (unpaired) electrons. The summed E-state index contributed by atoms with van der Waals surface area (Å²) in [5.74, 6) is 3.02. The van der Waals surface area contributed by atoms with Crippen LogP contribution in [0.4, 0.5) is 5.82 Å². The van der Waals surface area contributed by atoms with Crippen molar-refractivity contribution in [1.29, 1.82) is 0 Å². The van der Waals surface area contributed by atoms with Gasteiger partial charge in [0.2, 0.25) is 5.89 Å².